The van der Waals surface area contributed by atoms with Crippen molar-refractivity contribution in [3.63, 3.8) is 0 Å². The van der Waals surface area contributed by atoms with Crippen molar-refractivity contribution in [3.05, 3.63) is 53.6 Å². The summed E-state index contributed by atoms with van der Waals surface area (Å²) in [5.41, 5.74) is -0.708. The summed E-state index contributed by atoms with van der Waals surface area (Å²) in [5, 5.41) is -0.141. The molecule has 2 aromatic rings. The lowest BCUT2D eigenvalue weighted by atomic mass is 10.2. The fourth-order valence-electron chi connectivity index (χ4n) is 1.78. The summed E-state index contributed by atoms with van der Waals surface area (Å²) in [5.74, 6) is -0.943. The molecule has 0 radical (unpaired) electrons. The number of thioether (sulfide) groups is 1. The van der Waals surface area contributed by atoms with Crippen LogP contribution in [0.25, 0.3) is 0 Å². The van der Waals surface area contributed by atoms with E-state index in [0.717, 1.165) is 24.0 Å². The van der Waals surface area contributed by atoms with Gasteiger partial charge in [-0.15, -0.1) is 0 Å². The van der Waals surface area contributed by atoms with Crippen LogP contribution in [-0.4, -0.2) is 33.6 Å². The molecule has 0 N–H and O–H groups in total. The van der Waals surface area contributed by atoms with Gasteiger partial charge in [0.1, 0.15) is 11.5 Å². The zero-order chi connectivity index (χ0) is 17.7. The van der Waals surface area contributed by atoms with Crippen LogP contribution in [0, 0.1) is 5.82 Å². The first-order chi connectivity index (χ1) is 11.3. The Morgan fingerprint density at radius 2 is 1.96 bits per heavy atom. The van der Waals surface area contributed by atoms with E-state index in [1.54, 1.807) is 18.2 Å². The van der Waals surface area contributed by atoms with Crippen molar-refractivity contribution in [2.24, 2.45) is 0 Å². The molecule has 1 amide bonds. The Morgan fingerprint density at radius 1 is 1.25 bits per heavy atom. The fraction of sp³-hybridized carbons (Fsp3) is 0.267. The van der Waals surface area contributed by atoms with Crippen LogP contribution in [0.4, 0.5) is 17.6 Å². The second kappa shape index (κ2) is 7.61. The third-order valence-electron chi connectivity index (χ3n) is 3.04. The lowest BCUT2D eigenvalue weighted by Crippen LogP contribution is -2.28. The molecule has 0 aliphatic carbocycles. The Kier molecular flexibility index (Phi) is 5.76. The van der Waals surface area contributed by atoms with E-state index >= 15 is 0 Å². The number of benzene rings is 1. The lowest BCUT2D eigenvalue weighted by Gasteiger charge is -2.17. The average molecular weight is 359 g/mol. The van der Waals surface area contributed by atoms with Crippen LogP contribution in [0.2, 0.25) is 0 Å². The molecule has 1 heterocycles. The van der Waals surface area contributed by atoms with Crippen LogP contribution in [0.5, 0.6) is 0 Å². The number of carbonyl (C=O) groups is 1. The van der Waals surface area contributed by atoms with Crippen molar-refractivity contribution in [1.82, 2.24) is 14.9 Å². The Bertz CT molecular complexity index is 724. The molecule has 0 bridgehead atoms. The molecule has 1 aromatic heterocycles. The Hall–Kier alpha value is -2.16. The van der Waals surface area contributed by atoms with Crippen molar-refractivity contribution in [2.45, 2.75) is 17.9 Å². The summed E-state index contributed by atoms with van der Waals surface area (Å²) >= 11 is 0.795. The van der Waals surface area contributed by atoms with Crippen LogP contribution in [-0.2, 0) is 17.5 Å². The van der Waals surface area contributed by atoms with Crippen molar-refractivity contribution in [3.8, 4) is 0 Å². The van der Waals surface area contributed by atoms with E-state index in [-0.39, 0.29) is 23.4 Å². The Labute approximate surface area is 139 Å². The molecule has 4 nitrogen and oxygen atoms in total. The van der Waals surface area contributed by atoms with E-state index in [4.69, 9.17) is 0 Å². The van der Waals surface area contributed by atoms with E-state index < -0.39 is 17.7 Å². The second-order valence-corrected chi connectivity index (χ2v) is 5.79. The molecule has 2 rings (SSSR count). The van der Waals surface area contributed by atoms with Crippen LogP contribution < -0.4 is 0 Å². The summed E-state index contributed by atoms with van der Waals surface area (Å²) in [6.45, 7) is 0.0650. The average Bonchev–Trinajstić information content (AvgIpc) is 2.54. The molecule has 0 saturated heterocycles. The minimum Gasteiger partial charge on any atom is -0.341 e. The molecule has 0 aliphatic heterocycles. The zero-order valence-electron chi connectivity index (χ0n) is 12.5. The highest BCUT2D eigenvalue weighted by atomic mass is 32.2. The number of nitrogens with zero attached hydrogens (tertiary/aromatic N) is 3. The highest BCUT2D eigenvalue weighted by Crippen LogP contribution is 2.28. The van der Waals surface area contributed by atoms with Crippen molar-refractivity contribution in [2.75, 3.05) is 12.8 Å². The van der Waals surface area contributed by atoms with Crippen LogP contribution in [0.1, 0.15) is 11.3 Å². The second-order valence-electron chi connectivity index (χ2n) is 4.85. The monoisotopic (exact) mass is 359 g/mol. The molecule has 24 heavy (non-hydrogen) atoms. The molecule has 0 atom stereocenters. The molecule has 0 aliphatic rings. The predicted octanol–water partition coefficient (Wildman–Crippen LogP) is 3.39. The van der Waals surface area contributed by atoms with E-state index in [1.807, 2.05) is 0 Å². The van der Waals surface area contributed by atoms with E-state index in [9.17, 15) is 22.4 Å². The predicted molar refractivity (Wildman–Crippen MR) is 80.6 cm³/mol. The number of alkyl halides is 3. The van der Waals surface area contributed by atoms with Gasteiger partial charge < -0.3 is 4.90 Å². The number of carbonyl (C=O) groups excluding carboxylic acids is 1. The third kappa shape index (κ3) is 4.92. The van der Waals surface area contributed by atoms with Crippen molar-refractivity contribution in [1.29, 1.82) is 0 Å². The van der Waals surface area contributed by atoms with Crippen LogP contribution >= 0.6 is 11.8 Å². The number of hydrogen-bond donors (Lipinski definition) is 0. The van der Waals surface area contributed by atoms with Crippen molar-refractivity contribution >= 4 is 17.7 Å². The summed E-state index contributed by atoms with van der Waals surface area (Å²) in [6, 6.07) is 6.81. The molecule has 0 unspecified atom stereocenters. The Balaban J connectivity index is 1.94. The molecule has 1 aromatic carbocycles. The molecule has 0 fully saturated rings. The molecule has 0 saturated carbocycles. The van der Waals surface area contributed by atoms with Gasteiger partial charge in [0.25, 0.3) is 0 Å². The lowest BCUT2D eigenvalue weighted by molar-refractivity contribution is -0.141. The SMILES string of the molecule is CN(Cc1ccccc1F)C(=O)CSc1nccc(C(F)(F)F)n1. The highest BCUT2D eigenvalue weighted by Gasteiger charge is 2.32. The smallest absolute Gasteiger partial charge is 0.341 e. The maximum Gasteiger partial charge on any atom is 0.433 e. The maximum absolute atomic E-state index is 13.6. The van der Waals surface area contributed by atoms with Gasteiger partial charge in [-0.2, -0.15) is 13.2 Å². The van der Waals surface area contributed by atoms with Crippen molar-refractivity contribution < 1.29 is 22.4 Å². The number of amides is 1. The molecule has 9 heteroatoms. The van der Waals surface area contributed by atoms with E-state index in [1.165, 1.54) is 18.0 Å². The summed E-state index contributed by atoms with van der Waals surface area (Å²) in [4.78, 5) is 20.4. The first-order valence-electron chi connectivity index (χ1n) is 6.78. The van der Waals surface area contributed by atoms with Gasteiger partial charge >= 0.3 is 6.18 Å². The first-order valence-corrected chi connectivity index (χ1v) is 7.76. The van der Waals surface area contributed by atoms with Gasteiger partial charge in [-0.25, -0.2) is 14.4 Å². The molecular weight excluding hydrogens is 346 g/mol. The molecular formula is C15H13F4N3OS. The third-order valence-corrected chi connectivity index (χ3v) is 3.89. The topological polar surface area (TPSA) is 46.1 Å². The minimum absolute atomic E-state index is 0.0650. The highest BCUT2D eigenvalue weighted by molar-refractivity contribution is 7.99. The van der Waals surface area contributed by atoms with Crippen LogP contribution in [0.15, 0.2) is 41.7 Å². The van der Waals surface area contributed by atoms with Gasteiger partial charge in [-0.3, -0.25) is 4.79 Å². The summed E-state index contributed by atoms with van der Waals surface area (Å²) < 4.78 is 51.2. The van der Waals surface area contributed by atoms with Crippen LogP contribution in [0.3, 0.4) is 0 Å². The molecule has 128 valence electrons. The fourth-order valence-corrected chi connectivity index (χ4v) is 2.55. The minimum atomic E-state index is -4.57. The standard InChI is InChI=1S/C15H13F4N3OS/c1-22(8-10-4-2-3-5-11(10)16)13(23)9-24-14-20-7-6-12(21-14)15(17,18)19/h2-7H,8-9H2,1H3. The van der Waals surface area contributed by atoms with Gasteiger partial charge in [0.05, 0.1) is 5.75 Å². The number of halogens is 4. The normalized spacial score (nSPS) is 11.4. The first kappa shape index (κ1) is 18.2. The quantitative estimate of drug-likeness (QED) is 0.466. The largest absolute Gasteiger partial charge is 0.433 e. The van der Waals surface area contributed by atoms with Gasteiger partial charge in [0, 0.05) is 25.4 Å². The van der Waals surface area contributed by atoms with E-state index in [0.29, 0.717) is 5.56 Å². The Morgan fingerprint density at radius 3 is 2.62 bits per heavy atom. The van der Waals surface area contributed by atoms with Gasteiger partial charge in [-0.05, 0) is 12.1 Å². The number of rotatable bonds is 5. The zero-order valence-corrected chi connectivity index (χ0v) is 13.4. The number of hydrogen-bond acceptors (Lipinski definition) is 4. The van der Waals surface area contributed by atoms with Gasteiger partial charge in [-0.1, -0.05) is 30.0 Å². The maximum atomic E-state index is 13.6. The summed E-state index contributed by atoms with van der Waals surface area (Å²) in [6.07, 6.45) is -3.57. The van der Waals surface area contributed by atoms with E-state index in [2.05, 4.69) is 9.97 Å². The number of aromatic nitrogens is 2. The summed E-state index contributed by atoms with van der Waals surface area (Å²) in [7, 11) is 1.49. The molecule has 0 spiro atoms. The van der Waals surface area contributed by atoms with Gasteiger partial charge in [0.2, 0.25) is 5.91 Å². The van der Waals surface area contributed by atoms with Gasteiger partial charge in [0.15, 0.2) is 5.16 Å².